The number of rotatable bonds is 2. The van der Waals surface area contributed by atoms with Crippen molar-refractivity contribution in [2.45, 2.75) is 19.4 Å². The molecule has 0 spiro atoms. The van der Waals surface area contributed by atoms with Gasteiger partial charge in [-0.1, -0.05) is 17.7 Å². The van der Waals surface area contributed by atoms with Gasteiger partial charge in [-0.2, -0.15) is 0 Å². The van der Waals surface area contributed by atoms with E-state index in [2.05, 4.69) is 0 Å². The van der Waals surface area contributed by atoms with Crippen molar-refractivity contribution in [3.8, 4) is 5.75 Å². The van der Waals surface area contributed by atoms with Gasteiger partial charge in [0.25, 0.3) is 6.43 Å². The molecule has 0 unspecified atom stereocenters. The molecule has 3 N–H and O–H groups in total. The van der Waals surface area contributed by atoms with Crippen LogP contribution in [0.4, 0.5) is 8.78 Å². The molecule has 0 aromatic heterocycles. The number of aromatic hydroxyl groups is 1. The fourth-order valence-corrected chi connectivity index (χ4v) is 1.08. The second-order valence-electron chi connectivity index (χ2n) is 2.92. The van der Waals surface area contributed by atoms with E-state index in [1.807, 2.05) is 0 Å². The van der Waals surface area contributed by atoms with E-state index in [1.165, 1.54) is 12.1 Å². The molecule has 0 aliphatic rings. The largest absolute Gasteiger partial charge is 0.508 e. The van der Waals surface area contributed by atoms with Gasteiger partial charge in [-0.3, -0.25) is 0 Å². The Morgan fingerprint density at radius 3 is 2.43 bits per heavy atom. The molecule has 0 aliphatic heterocycles. The molecule has 2 nitrogen and oxygen atoms in total. The van der Waals surface area contributed by atoms with Crippen molar-refractivity contribution in [1.29, 1.82) is 0 Å². The second-order valence-corrected chi connectivity index (χ2v) is 2.92. The summed E-state index contributed by atoms with van der Waals surface area (Å²) in [7, 11) is 0. The predicted octanol–water partition coefficient (Wildman–Crippen LogP) is 2.39. The first kappa shape index (κ1) is 13.1. The van der Waals surface area contributed by atoms with Gasteiger partial charge < -0.3 is 10.8 Å². The lowest BCUT2D eigenvalue weighted by Crippen LogP contribution is -2.19. The van der Waals surface area contributed by atoms with Gasteiger partial charge in [-0.15, -0.1) is 12.4 Å². The van der Waals surface area contributed by atoms with Crippen LogP contribution in [0.1, 0.15) is 17.2 Å². The highest BCUT2D eigenvalue weighted by Gasteiger charge is 2.20. The van der Waals surface area contributed by atoms with Crippen LogP contribution in [0.2, 0.25) is 0 Å². The molecule has 0 heterocycles. The van der Waals surface area contributed by atoms with Gasteiger partial charge in [-0.25, -0.2) is 8.78 Å². The van der Waals surface area contributed by atoms with E-state index in [4.69, 9.17) is 5.73 Å². The van der Waals surface area contributed by atoms with E-state index in [9.17, 15) is 13.9 Å². The minimum Gasteiger partial charge on any atom is -0.508 e. The molecule has 1 aromatic carbocycles. The first-order chi connectivity index (χ1) is 6.02. The van der Waals surface area contributed by atoms with E-state index in [1.54, 1.807) is 13.0 Å². The number of alkyl halides is 2. The summed E-state index contributed by atoms with van der Waals surface area (Å²) in [5, 5.41) is 9.24. The molecule has 0 aliphatic carbocycles. The van der Waals surface area contributed by atoms with Gasteiger partial charge in [0.2, 0.25) is 0 Å². The minimum absolute atomic E-state index is 0. The Balaban J connectivity index is 0.00000169. The van der Waals surface area contributed by atoms with Crippen molar-refractivity contribution >= 4 is 12.4 Å². The summed E-state index contributed by atoms with van der Waals surface area (Å²) < 4.78 is 24.4. The zero-order valence-corrected chi connectivity index (χ0v) is 8.39. The van der Waals surface area contributed by atoms with Crippen LogP contribution in [0.25, 0.3) is 0 Å². The Labute approximate surface area is 87.1 Å². The summed E-state index contributed by atoms with van der Waals surface area (Å²) in [6, 6.07) is 3.05. The first-order valence-electron chi connectivity index (χ1n) is 3.85. The van der Waals surface area contributed by atoms with E-state index in [-0.39, 0.29) is 23.7 Å². The van der Waals surface area contributed by atoms with E-state index < -0.39 is 12.5 Å². The monoisotopic (exact) mass is 223 g/mol. The van der Waals surface area contributed by atoms with Gasteiger partial charge in [0.05, 0.1) is 6.04 Å². The lowest BCUT2D eigenvalue weighted by Gasteiger charge is -2.12. The Kier molecular flexibility index (Phi) is 4.80. The van der Waals surface area contributed by atoms with Crippen molar-refractivity contribution in [2.75, 3.05) is 0 Å². The van der Waals surface area contributed by atoms with Crippen molar-refractivity contribution in [1.82, 2.24) is 0 Å². The Hall–Kier alpha value is -0.870. The molecular formula is C9H12ClF2NO. The lowest BCUT2D eigenvalue weighted by molar-refractivity contribution is 0.115. The van der Waals surface area contributed by atoms with Crippen LogP contribution in [0.5, 0.6) is 5.75 Å². The second kappa shape index (κ2) is 5.12. The van der Waals surface area contributed by atoms with Crippen LogP contribution in [-0.2, 0) is 0 Å². The number of phenols is 1. The number of halogens is 3. The summed E-state index contributed by atoms with van der Waals surface area (Å²) in [6.45, 7) is 1.75. The summed E-state index contributed by atoms with van der Waals surface area (Å²) in [5.74, 6) is -0.182. The molecule has 0 saturated carbocycles. The Bertz CT molecular complexity index is 307. The molecule has 1 rings (SSSR count). The zero-order valence-electron chi connectivity index (χ0n) is 7.58. The van der Waals surface area contributed by atoms with Gasteiger partial charge in [-0.05, 0) is 13.0 Å². The number of hydrogen-bond donors (Lipinski definition) is 2. The maximum atomic E-state index is 12.2. The van der Waals surface area contributed by atoms with Crippen LogP contribution in [-0.4, -0.2) is 11.5 Å². The van der Waals surface area contributed by atoms with Crippen molar-refractivity contribution in [3.05, 3.63) is 29.3 Å². The van der Waals surface area contributed by atoms with Crippen LogP contribution in [0.3, 0.4) is 0 Å². The third kappa shape index (κ3) is 2.82. The molecule has 1 atom stereocenters. The molecule has 80 valence electrons. The normalized spacial score (nSPS) is 12.4. The molecule has 0 saturated heterocycles. The average molecular weight is 224 g/mol. The number of hydrogen-bond acceptors (Lipinski definition) is 2. The van der Waals surface area contributed by atoms with Crippen LogP contribution >= 0.6 is 12.4 Å². The van der Waals surface area contributed by atoms with Crippen LogP contribution in [0, 0.1) is 6.92 Å². The maximum absolute atomic E-state index is 12.2. The Morgan fingerprint density at radius 2 is 1.93 bits per heavy atom. The van der Waals surface area contributed by atoms with Gasteiger partial charge in [0.1, 0.15) is 5.75 Å². The van der Waals surface area contributed by atoms with Crippen molar-refractivity contribution in [2.24, 2.45) is 5.73 Å². The molecule has 0 fully saturated rings. The smallest absolute Gasteiger partial charge is 0.257 e. The first-order valence-corrected chi connectivity index (χ1v) is 3.85. The minimum atomic E-state index is -2.66. The number of phenolic OH excluding ortho intramolecular Hbond substituents is 1. The standard InChI is InChI=1S/C9H11F2NO.ClH/c1-5-2-3-7(13)6(4-5)8(12)9(10)11;/h2-4,8-9,13H,12H2,1H3;1H/t8-;/m0./s1. The molecule has 0 radical (unpaired) electrons. The van der Waals surface area contributed by atoms with Gasteiger partial charge in [0, 0.05) is 5.56 Å². The fourth-order valence-electron chi connectivity index (χ4n) is 1.08. The van der Waals surface area contributed by atoms with Crippen LogP contribution < -0.4 is 5.73 Å². The van der Waals surface area contributed by atoms with E-state index in [0.717, 1.165) is 5.56 Å². The van der Waals surface area contributed by atoms with Crippen molar-refractivity contribution in [3.63, 3.8) is 0 Å². The molecule has 0 bridgehead atoms. The fraction of sp³-hybridized carbons (Fsp3) is 0.333. The molecule has 14 heavy (non-hydrogen) atoms. The SMILES string of the molecule is Cc1ccc(O)c([C@H](N)C(F)F)c1.Cl. The van der Waals surface area contributed by atoms with E-state index >= 15 is 0 Å². The molecule has 5 heteroatoms. The van der Waals surface area contributed by atoms with Crippen LogP contribution in [0.15, 0.2) is 18.2 Å². The molecular weight excluding hydrogens is 212 g/mol. The third-order valence-corrected chi connectivity index (χ3v) is 1.81. The summed E-state index contributed by atoms with van der Waals surface area (Å²) in [6.07, 6.45) is -2.66. The highest BCUT2D eigenvalue weighted by molar-refractivity contribution is 5.85. The molecule has 1 aromatic rings. The zero-order chi connectivity index (χ0) is 10.0. The maximum Gasteiger partial charge on any atom is 0.257 e. The third-order valence-electron chi connectivity index (χ3n) is 1.81. The quantitative estimate of drug-likeness (QED) is 0.809. The Morgan fingerprint density at radius 1 is 1.36 bits per heavy atom. The molecule has 0 amide bonds. The summed E-state index contributed by atoms with van der Waals surface area (Å²) >= 11 is 0. The van der Waals surface area contributed by atoms with Gasteiger partial charge >= 0.3 is 0 Å². The summed E-state index contributed by atoms with van der Waals surface area (Å²) in [4.78, 5) is 0. The topological polar surface area (TPSA) is 46.2 Å². The lowest BCUT2D eigenvalue weighted by atomic mass is 10.0. The predicted molar refractivity (Wildman–Crippen MR) is 53.0 cm³/mol. The number of benzene rings is 1. The number of aryl methyl sites for hydroxylation is 1. The van der Waals surface area contributed by atoms with Gasteiger partial charge in [0.15, 0.2) is 0 Å². The number of nitrogens with two attached hydrogens (primary N) is 1. The summed E-state index contributed by atoms with van der Waals surface area (Å²) in [5.41, 5.74) is 6.09. The highest BCUT2D eigenvalue weighted by atomic mass is 35.5. The van der Waals surface area contributed by atoms with E-state index in [0.29, 0.717) is 0 Å². The highest BCUT2D eigenvalue weighted by Crippen LogP contribution is 2.27. The average Bonchev–Trinajstić information content (AvgIpc) is 2.08. The van der Waals surface area contributed by atoms with Crippen molar-refractivity contribution < 1.29 is 13.9 Å².